The fraction of sp³-hybridized carbons (Fsp3) is 0.632. The summed E-state index contributed by atoms with van der Waals surface area (Å²) in [5, 5.41) is 2.75. The molecule has 0 bridgehead atoms. The van der Waals surface area contributed by atoms with Gasteiger partial charge in [-0.05, 0) is 58.1 Å². The molecule has 1 aromatic rings. The van der Waals surface area contributed by atoms with Gasteiger partial charge in [0.15, 0.2) is 0 Å². The average Bonchev–Trinajstić information content (AvgIpc) is 2.55. The Bertz CT molecular complexity index is 544. The third-order valence-corrected chi connectivity index (χ3v) is 4.19. The Kier molecular flexibility index (Phi) is 9.08. The van der Waals surface area contributed by atoms with Crippen LogP contribution in [0.25, 0.3) is 0 Å². The van der Waals surface area contributed by atoms with E-state index in [1.165, 1.54) is 11.9 Å². The number of hydrogen-bond acceptors (Lipinski definition) is 3. The number of alkyl halides is 3. The van der Waals surface area contributed by atoms with Gasteiger partial charge in [0.05, 0.1) is 6.54 Å². The third kappa shape index (κ3) is 8.67. The monoisotopic (exact) mass is 373 g/mol. The van der Waals surface area contributed by atoms with Crippen molar-refractivity contribution in [2.24, 2.45) is 0 Å². The largest absolute Gasteiger partial charge is 0.401 e. The molecule has 0 aliphatic carbocycles. The maximum absolute atomic E-state index is 12.2. The van der Waals surface area contributed by atoms with E-state index in [0.29, 0.717) is 24.6 Å². The molecule has 0 heterocycles. The number of carbonyl (C=O) groups is 1. The number of halogens is 3. The van der Waals surface area contributed by atoms with Crippen molar-refractivity contribution in [2.45, 2.75) is 46.0 Å². The highest BCUT2D eigenvalue weighted by Crippen LogP contribution is 2.15. The van der Waals surface area contributed by atoms with Gasteiger partial charge in [0.25, 0.3) is 5.91 Å². The smallest absolute Gasteiger partial charge is 0.352 e. The van der Waals surface area contributed by atoms with Gasteiger partial charge in [-0.15, -0.1) is 0 Å². The molecule has 4 nitrogen and oxygen atoms in total. The summed E-state index contributed by atoms with van der Waals surface area (Å²) < 4.78 is 36.7. The Hall–Kier alpha value is -1.60. The van der Waals surface area contributed by atoms with Crippen LogP contribution in [0.3, 0.4) is 0 Å². The molecule has 148 valence electrons. The van der Waals surface area contributed by atoms with Crippen LogP contribution in [-0.2, 0) is 6.54 Å². The lowest BCUT2D eigenvalue weighted by Gasteiger charge is -2.24. The van der Waals surface area contributed by atoms with Gasteiger partial charge in [-0.25, -0.2) is 0 Å². The highest BCUT2D eigenvalue weighted by atomic mass is 19.4. The van der Waals surface area contributed by atoms with Crippen LogP contribution in [0, 0.1) is 0 Å². The Labute approximate surface area is 154 Å². The van der Waals surface area contributed by atoms with Crippen LogP contribution in [0.1, 0.15) is 43.1 Å². The number of nitrogens with zero attached hydrogens (tertiary/aromatic N) is 2. The topological polar surface area (TPSA) is 35.6 Å². The molecule has 7 heteroatoms. The van der Waals surface area contributed by atoms with Crippen molar-refractivity contribution in [3.05, 3.63) is 35.4 Å². The zero-order valence-corrected chi connectivity index (χ0v) is 16.1. The zero-order chi connectivity index (χ0) is 19.7. The summed E-state index contributed by atoms with van der Waals surface area (Å²) >= 11 is 0. The first-order valence-electron chi connectivity index (χ1n) is 8.99. The Morgan fingerprint density at radius 3 is 2.31 bits per heavy atom. The molecule has 0 saturated heterocycles. The molecule has 0 radical (unpaired) electrons. The van der Waals surface area contributed by atoms with E-state index in [0.717, 1.165) is 18.7 Å². The molecule has 1 amide bonds. The van der Waals surface area contributed by atoms with Crippen molar-refractivity contribution >= 4 is 5.91 Å². The SMILES string of the molecule is CCN(Cc1ccc(C(=O)NCCCN(C)CC(F)(F)F)cc1)C(C)C. The van der Waals surface area contributed by atoms with E-state index in [-0.39, 0.29) is 12.5 Å². The molecule has 0 fully saturated rings. The summed E-state index contributed by atoms with van der Waals surface area (Å²) in [5.41, 5.74) is 1.70. The van der Waals surface area contributed by atoms with E-state index in [2.05, 4.69) is 31.0 Å². The summed E-state index contributed by atoms with van der Waals surface area (Å²) in [7, 11) is 1.42. The maximum atomic E-state index is 12.2. The first kappa shape index (κ1) is 22.4. The van der Waals surface area contributed by atoms with Crippen LogP contribution < -0.4 is 5.32 Å². The lowest BCUT2D eigenvalue weighted by Crippen LogP contribution is -2.33. The van der Waals surface area contributed by atoms with E-state index in [1.807, 2.05) is 12.1 Å². The van der Waals surface area contributed by atoms with Crippen molar-refractivity contribution in [3.63, 3.8) is 0 Å². The van der Waals surface area contributed by atoms with Gasteiger partial charge in [0.2, 0.25) is 0 Å². The molecular formula is C19H30F3N3O. The van der Waals surface area contributed by atoms with Crippen LogP contribution in [0.5, 0.6) is 0 Å². The van der Waals surface area contributed by atoms with Crippen molar-refractivity contribution in [3.8, 4) is 0 Å². The molecule has 26 heavy (non-hydrogen) atoms. The van der Waals surface area contributed by atoms with Crippen LogP contribution in [-0.4, -0.2) is 61.2 Å². The van der Waals surface area contributed by atoms with Crippen LogP contribution in [0.2, 0.25) is 0 Å². The predicted octanol–water partition coefficient (Wildman–Crippen LogP) is 3.53. The van der Waals surface area contributed by atoms with Crippen molar-refractivity contribution in [1.82, 2.24) is 15.1 Å². The Morgan fingerprint density at radius 1 is 1.19 bits per heavy atom. The van der Waals surface area contributed by atoms with Crippen LogP contribution in [0.15, 0.2) is 24.3 Å². The number of nitrogens with one attached hydrogen (secondary N) is 1. The minimum absolute atomic E-state index is 0.203. The molecule has 1 aromatic carbocycles. The molecule has 1 rings (SSSR count). The number of carbonyl (C=O) groups excluding carboxylic acids is 1. The van der Waals surface area contributed by atoms with Gasteiger partial charge < -0.3 is 5.32 Å². The highest BCUT2D eigenvalue weighted by molar-refractivity contribution is 5.94. The van der Waals surface area contributed by atoms with Crippen LogP contribution in [0.4, 0.5) is 13.2 Å². The van der Waals surface area contributed by atoms with Gasteiger partial charge in [-0.3, -0.25) is 14.6 Å². The lowest BCUT2D eigenvalue weighted by molar-refractivity contribution is -0.143. The Balaban J connectivity index is 2.39. The first-order valence-corrected chi connectivity index (χ1v) is 8.99. The minimum Gasteiger partial charge on any atom is -0.352 e. The second kappa shape index (κ2) is 10.5. The predicted molar refractivity (Wildman–Crippen MR) is 98.2 cm³/mol. The number of rotatable bonds is 10. The Morgan fingerprint density at radius 2 is 1.81 bits per heavy atom. The highest BCUT2D eigenvalue weighted by Gasteiger charge is 2.28. The summed E-state index contributed by atoms with van der Waals surface area (Å²) in [6, 6.07) is 7.91. The summed E-state index contributed by atoms with van der Waals surface area (Å²) in [5.74, 6) is -0.203. The van der Waals surface area contributed by atoms with Gasteiger partial charge in [-0.1, -0.05) is 19.1 Å². The summed E-state index contributed by atoms with van der Waals surface area (Å²) in [4.78, 5) is 15.6. The quantitative estimate of drug-likeness (QED) is 0.638. The number of hydrogen-bond donors (Lipinski definition) is 1. The van der Waals surface area contributed by atoms with E-state index in [9.17, 15) is 18.0 Å². The lowest BCUT2D eigenvalue weighted by atomic mass is 10.1. The fourth-order valence-electron chi connectivity index (χ4n) is 2.69. The number of benzene rings is 1. The first-order chi connectivity index (χ1) is 12.1. The van der Waals surface area contributed by atoms with Crippen LogP contribution >= 0.6 is 0 Å². The zero-order valence-electron chi connectivity index (χ0n) is 16.1. The molecule has 0 atom stereocenters. The second-order valence-corrected chi connectivity index (χ2v) is 6.82. The molecule has 0 aliphatic rings. The standard InChI is InChI=1S/C19H30F3N3O/c1-5-25(15(2)3)13-16-7-9-17(10-8-16)18(26)23-11-6-12-24(4)14-19(20,21)22/h7-10,15H,5-6,11-14H2,1-4H3,(H,23,26). The molecule has 0 saturated carbocycles. The average molecular weight is 373 g/mol. The summed E-state index contributed by atoms with van der Waals surface area (Å²) in [6.07, 6.45) is -3.72. The molecule has 1 N–H and O–H groups in total. The minimum atomic E-state index is -4.19. The van der Waals surface area contributed by atoms with Crippen molar-refractivity contribution in [2.75, 3.05) is 33.2 Å². The molecular weight excluding hydrogens is 343 g/mol. The van der Waals surface area contributed by atoms with Gasteiger partial charge in [-0.2, -0.15) is 13.2 Å². The second-order valence-electron chi connectivity index (χ2n) is 6.82. The number of amides is 1. The molecule has 0 unspecified atom stereocenters. The van der Waals surface area contributed by atoms with Gasteiger partial charge in [0, 0.05) is 24.7 Å². The molecule has 0 aromatic heterocycles. The fourth-order valence-corrected chi connectivity index (χ4v) is 2.69. The van der Waals surface area contributed by atoms with E-state index >= 15 is 0 Å². The van der Waals surface area contributed by atoms with Crippen molar-refractivity contribution < 1.29 is 18.0 Å². The third-order valence-electron chi connectivity index (χ3n) is 4.19. The van der Waals surface area contributed by atoms with Crippen molar-refractivity contribution in [1.29, 1.82) is 0 Å². The van der Waals surface area contributed by atoms with E-state index < -0.39 is 12.7 Å². The maximum Gasteiger partial charge on any atom is 0.401 e. The summed E-state index contributed by atoms with van der Waals surface area (Å²) in [6.45, 7) is 7.90. The van der Waals surface area contributed by atoms with E-state index in [4.69, 9.17) is 0 Å². The van der Waals surface area contributed by atoms with E-state index in [1.54, 1.807) is 12.1 Å². The normalized spacial score (nSPS) is 12.2. The van der Waals surface area contributed by atoms with Gasteiger partial charge >= 0.3 is 6.18 Å². The molecule has 0 aliphatic heterocycles. The molecule has 0 spiro atoms. The van der Waals surface area contributed by atoms with Gasteiger partial charge in [0.1, 0.15) is 0 Å².